The molecule has 0 bridgehead atoms. The molecule has 20 heavy (non-hydrogen) atoms. The van der Waals surface area contributed by atoms with Crippen molar-refractivity contribution in [1.82, 2.24) is 0 Å². The highest BCUT2D eigenvalue weighted by atomic mass is 79.9. The van der Waals surface area contributed by atoms with E-state index in [4.69, 9.17) is 0 Å². The molecule has 2 aromatic rings. The minimum Gasteiger partial charge on any atom is -0.378 e. The van der Waals surface area contributed by atoms with Crippen molar-refractivity contribution in [3.63, 3.8) is 0 Å². The van der Waals surface area contributed by atoms with E-state index in [9.17, 15) is 0 Å². The fourth-order valence-electron chi connectivity index (χ4n) is 2.23. The van der Waals surface area contributed by atoms with Gasteiger partial charge in [-0.25, -0.2) is 0 Å². The summed E-state index contributed by atoms with van der Waals surface area (Å²) in [5, 5.41) is 0. The third-order valence-corrected chi connectivity index (χ3v) is 4.14. The van der Waals surface area contributed by atoms with Crippen LogP contribution < -0.4 is 15.3 Å². The van der Waals surface area contributed by atoms with Gasteiger partial charge in [0.1, 0.15) is 7.85 Å². The quantitative estimate of drug-likeness (QED) is 0.798. The van der Waals surface area contributed by atoms with Crippen LogP contribution in [0.15, 0.2) is 40.9 Å². The molecule has 0 amide bonds. The number of hydrogen-bond acceptors (Lipinski definition) is 2. The van der Waals surface area contributed by atoms with Crippen molar-refractivity contribution in [2.24, 2.45) is 0 Å². The predicted octanol–water partition coefficient (Wildman–Crippen LogP) is 2.51. The zero-order valence-corrected chi connectivity index (χ0v) is 14.3. The minimum atomic E-state index is 1.13. The van der Waals surface area contributed by atoms with Crippen molar-refractivity contribution >= 4 is 40.6 Å². The van der Waals surface area contributed by atoms with Crippen LogP contribution >= 0.6 is 15.9 Å². The molecule has 0 saturated carbocycles. The number of halogens is 1. The first-order valence-electron chi connectivity index (χ1n) is 6.65. The van der Waals surface area contributed by atoms with Crippen LogP contribution in [0.3, 0.4) is 0 Å². The van der Waals surface area contributed by atoms with Gasteiger partial charge < -0.3 is 9.80 Å². The number of rotatable bonds is 3. The summed E-state index contributed by atoms with van der Waals surface area (Å²) in [5.41, 5.74) is 6.22. The van der Waals surface area contributed by atoms with E-state index in [1.54, 1.807) is 0 Å². The second-order valence-electron chi connectivity index (χ2n) is 5.45. The largest absolute Gasteiger partial charge is 0.378 e. The Morgan fingerprint density at radius 1 is 0.800 bits per heavy atom. The van der Waals surface area contributed by atoms with E-state index in [0.29, 0.717) is 0 Å². The second-order valence-corrected chi connectivity index (χ2v) is 6.31. The van der Waals surface area contributed by atoms with Crippen molar-refractivity contribution in [1.29, 1.82) is 0 Å². The van der Waals surface area contributed by atoms with Gasteiger partial charge in [-0.2, -0.15) is 0 Å². The highest BCUT2D eigenvalue weighted by Gasteiger charge is 2.09. The monoisotopic (exact) mass is 330 g/mol. The average Bonchev–Trinajstić information content (AvgIpc) is 2.38. The first-order valence-corrected chi connectivity index (χ1v) is 7.44. The van der Waals surface area contributed by atoms with Gasteiger partial charge in [-0.1, -0.05) is 33.5 Å². The molecule has 0 unspecified atom stereocenters. The Morgan fingerprint density at radius 3 is 1.75 bits per heavy atom. The van der Waals surface area contributed by atoms with Crippen LogP contribution in [0.4, 0.5) is 11.4 Å². The highest BCUT2D eigenvalue weighted by molar-refractivity contribution is 9.10. The normalized spacial score (nSPS) is 10.4. The number of hydrogen-bond donors (Lipinski definition) is 0. The summed E-state index contributed by atoms with van der Waals surface area (Å²) in [6.07, 6.45) is 0. The Morgan fingerprint density at radius 2 is 1.30 bits per heavy atom. The highest BCUT2D eigenvalue weighted by Crippen LogP contribution is 2.31. The third kappa shape index (κ3) is 3.01. The van der Waals surface area contributed by atoms with E-state index >= 15 is 0 Å². The lowest BCUT2D eigenvalue weighted by Gasteiger charge is -2.18. The standard InChI is InChI=1S/C16H20BBrN2/c1-19(2)11-5-7-13(15(17)9-11)14-8-6-12(20(3)4)10-16(14)18/h5-10H,17H2,1-4H3. The summed E-state index contributed by atoms with van der Waals surface area (Å²) in [4.78, 5) is 4.23. The molecule has 2 nitrogen and oxygen atoms in total. The van der Waals surface area contributed by atoms with Crippen molar-refractivity contribution in [3.8, 4) is 11.1 Å². The van der Waals surface area contributed by atoms with Crippen LogP contribution in [0.1, 0.15) is 0 Å². The Balaban J connectivity index is 2.46. The zero-order chi connectivity index (χ0) is 14.9. The number of benzene rings is 2. The van der Waals surface area contributed by atoms with E-state index in [-0.39, 0.29) is 0 Å². The molecule has 0 saturated heterocycles. The molecule has 0 radical (unpaired) electrons. The maximum Gasteiger partial charge on any atom is 0.140 e. The third-order valence-electron chi connectivity index (χ3n) is 3.49. The molecular formula is C16H20BBrN2. The fraction of sp³-hybridized carbons (Fsp3) is 0.250. The summed E-state index contributed by atoms with van der Waals surface area (Å²) < 4.78 is 1.13. The van der Waals surface area contributed by atoms with E-state index in [1.807, 2.05) is 0 Å². The predicted molar refractivity (Wildman–Crippen MR) is 96.4 cm³/mol. The lowest BCUT2D eigenvalue weighted by Crippen LogP contribution is -2.14. The first kappa shape index (κ1) is 15.0. The van der Waals surface area contributed by atoms with Crippen LogP contribution in [0.2, 0.25) is 0 Å². The van der Waals surface area contributed by atoms with Crippen LogP contribution in [-0.4, -0.2) is 36.0 Å². The smallest absolute Gasteiger partial charge is 0.140 e. The van der Waals surface area contributed by atoms with E-state index in [2.05, 4.69) is 98.2 Å². The van der Waals surface area contributed by atoms with E-state index < -0.39 is 0 Å². The lowest BCUT2D eigenvalue weighted by atomic mass is 9.86. The molecule has 0 atom stereocenters. The van der Waals surface area contributed by atoms with Crippen molar-refractivity contribution in [2.45, 2.75) is 0 Å². The molecule has 0 heterocycles. The Hall–Kier alpha value is -1.42. The van der Waals surface area contributed by atoms with Gasteiger partial charge in [0.25, 0.3) is 0 Å². The Kier molecular flexibility index (Phi) is 4.43. The van der Waals surface area contributed by atoms with Crippen LogP contribution in [-0.2, 0) is 0 Å². The van der Waals surface area contributed by atoms with Crippen molar-refractivity contribution in [3.05, 3.63) is 40.9 Å². The summed E-state index contributed by atoms with van der Waals surface area (Å²) in [5.74, 6) is 0. The maximum absolute atomic E-state index is 3.70. The molecule has 104 valence electrons. The van der Waals surface area contributed by atoms with Crippen LogP contribution in [0, 0.1) is 0 Å². The fourth-order valence-corrected chi connectivity index (χ4v) is 2.81. The summed E-state index contributed by atoms with van der Waals surface area (Å²) in [6, 6.07) is 13.1. The van der Waals surface area contributed by atoms with Gasteiger partial charge >= 0.3 is 0 Å². The number of nitrogens with zero attached hydrogens (tertiary/aromatic N) is 2. The molecule has 0 fully saturated rings. The lowest BCUT2D eigenvalue weighted by molar-refractivity contribution is 1.13. The van der Waals surface area contributed by atoms with Gasteiger partial charge in [0.2, 0.25) is 0 Å². The topological polar surface area (TPSA) is 6.48 Å². The molecule has 0 aliphatic rings. The molecule has 0 aromatic heterocycles. The van der Waals surface area contributed by atoms with Gasteiger partial charge in [-0.05, 0) is 35.4 Å². The Labute approximate surface area is 130 Å². The van der Waals surface area contributed by atoms with Crippen LogP contribution in [0.5, 0.6) is 0 Å². The van der Waals surface area contributed by atoms with Gasteiger partial charge in [0.15, 0.2) is 0 Å². The Bertz CT molecular complexity index is 568. The SMILES string of the molecule is Bc1cc(N(C)C)ccc1-c1ccc(N(C)C)cc1Br. The molecular weight excluding hydrogens is 311 g/mol. The summed E-state index contributed by atoms with van der Waals surface area (Å²) >= 11 is 3.70. The maximum atomic E-state index is 3.70. The van der Waals surface area contributed by atoms with E-state index in [1.165, 1.54) is 28.0 Å². The van der Waals surface area contributed by atoms with Gasteiger partial charge in [0.05, 0.1) is 0 Å². The molecule has 0 N–H and O–H groups in total. The molecule has 0 spiro atoms. The first-order chi connectivity index (χ1) is 9.40. The molecule has 0 aliphatic carbocycles. The molecule has 2 rings (SSSR count). The summed E-state index contributed by atoms with van der Waals surface area (Å²) in [7, 11) is 10.4. The number of anilines is 2. The summed E-state index contributed by atoms with van der Waals surface area (Å²) in [6.45, 7) is 0. The van der Waals surface area contributed by atoms with Gasteiger partial charge in [-0.15, -0.1) is 0 Å². The van der Waals surface area contributed by atoms with Crippen molar-refractivity contribution in [2.75, 3.05) is 38.0 Å². The molecule has 4 heteroatoms. The second kappa shape index (κ2) is 5.92. The zero-order valence-electron chi connectivity index (χ0n) is 12.7. The average molecular weight is 331 g/mol. The van der Waals surface area contributed by atoms with Gasteiger partial charge in [-0.3, -0.25) is 0 Å². The molecule has 2 aromatic carbocycles. The minimum absolute atomic E-state index is 1.13. The van der Waals surface area contributed by atoms with Gasteiger partial charge in [0, 0.05) is 44.0 Å². The molecule has 0 aliphatic heterocycles. The van der Waals surface area contributed by atoms with Crippen molar-refractivity contribution < 1.29 is 0 Å². The van der Waals surface area contributed by atoms with Crippen LogP contribution in [0.25, 0.3) is 11.1 Å². The van der Waals surface area contributed by atoms with E-state index in [0.717, 1.165) is 4.47 Å².